The maximum atomic E-state index is 13.8. The minimum Gasteiger partial charge on any atom is -0.351 e. The molecule has 0 aliphatic carbocycles. The van der Waals surface area contributed by atoms with Gasteiger partial charge in [-0.25, -0.2) is 27.7 Å². The van der Waals surface area contributed by atoms with Gasteiger partial charge in [0.1, 0.15) is 23.3 Å². The predicted molar refractivity (Wildman–Crippen MR) is 136 cm³/mol. The van der Waals surface area contributed by atoms with Gasteiger partial charge in [0.2, 0.25) is 16.0 Å². The summed E-state index contributed by atoms with van der Waals surface area (Å²) in [5.41, 5.74) is 0.125. The number of anilines is 1. The second-order valence-corrected chi connectivity index (χ2v) is 11.4. The predicted octanol–water partition coefficient (Wildman–Crippen LogP) is 4.49. The lowest BCUT2D eigenvalue weighted by molar-refractivity contribution is -0.137. The number of pyridine rings is 1. The largest absolute Gasteiger partial charge is 0.420 e. The molecule has 4 heterocycles. The molecule has 1 aliphatic heterocycles. The van der Waals surface area contributed by atoms with Crippen molar-refractivity contribution in [1.82, 2.24) is 28.8 Å². The molecule has 5 rings (SSSR count). The third kappa shape index (κ3) is 5.31. The molecular formula is C23H21BrF3N7O2S. The van der Waals surface area contributed by atoms with Crippen molar-refractivity contribution in [2.45, 2.75) is 25.1 Å². The number of fused-ring (bicyclic) bond motifs is 1. The van der Waals surface area contributed by atoms with Gasteiger partial charge in [-0.3, -0.25) is 4.98 Å². The van der Waals surface area contributed by atoms with Gasteiger partial charge in [0.15, 0.2) is 0 Å². The normalized spacial score (nSPS) is 15.8. The van der Waals surface area contributed by atoms with Crippen LogP contribution in [0.1, 0.15) is 18.4 Å². The first-order valence-electron chi connectivity index (χ1n) is 11.2. The molecule has 0 spiro atoms. The van der Waals surface area contributed by atoms with Crippen molar-refractivity contribution in [1.29, 1.82) is 0 Å². The lowest BCUT2D eigenvalue weighted by atomic mass is 10.1. The van der Waals surface area contributed by atoms with Crippen molar-refractivity contribution in [3.8, 4) is 17.1 Å². The number of nitrogens with one attached hydrogen (secondary N) is 1. The maximum absolute atomic E-state index is 13.8. The highest BCUT2D eigenvalue weighted by Crippen LogP contribution is 2.36. The molecular weight excluding hydrogens is 575 g/mol. The Morgan fingerprint density at radius 1 is 1.11 bits per heavy atom. The Hall–Kier alpha value is -3.10. The van der Waals surface area contributed by atoms with Gasteiger partial charge >= 0.3 is 6.18 Å². The summed E-state index contributed by atoms with van der Waals surface area (Å²) in [6.45, 7) is 0.620. The van der Waals surface area contributed by atoms with E-state index < -0.39 is 21.8 Å². The van der Waals surface area contributed by atoms with Gasteiger partial charge in [-0.2, -0.15) is 13.2 Å². The molecule has 0 radical (unpaired) electrons. The van der Waals surface area contributed by atoms with Crippen LogP contribution in [0.25, 0.3) is 28.0 Å². The Balaban J connectivity index is 1.45. The first-order chi connectivity index (χ1) is 17.5. The highest BCUT2D eigenvalue weighted by molar-refractivity contribution is 9.10. The van der Waals surface area contributed by atoms with Crippen molar-refractivity contribution in [2.75, 3.05) is 24.7 Å². The number of hydrogen-bond donors (Lipinski definition) is 1. The lowest BCUT2D eigenvalue weighted by Gasteiger charge is -2.30. The van der Waals surface area contributed by atoms with Crippen LogP contribution in [0, 0.1) is 0 Å². The van der Waals surface area contributed by atoms with Gasteiger partial charge in [-0.05, 0) is 47.0 Å². The van der Waals surface area contributed by atoms with Crippen molar-refractivity contribution >= 4 is 42.8 Å². The van der Waals surface area contributed by atoms with Crippen LogP contribution in [0.15, 0.2) is 53.7 Å². The van der Waals surface area contributed by atoms with E-state index in [4.69, 9.17) is 0 Å². The number of piperidine rings is 1. The molecule has 37 heavy (non-hydrogen) atoms. The van der Waals surface area contributed by atoms with Gasteiger partial charge in [0.25, 0.3) is 0 Å². The van der Waals surface area contributed by atoms with E-state index in [1.807, 2.05) is 12.1 Å². The standard InChI is InChI=1S/C23H21BrF3N7O2S/c1-37(35,36)34-9-6-14(7-10-34)31-22-29-11-16(23(25,26)27)21(32-22)18-12-33(13-30-18)19-5-4-17-15(20(19)24)3-2-8-28-17/h2-5,8,11-14H,6-7,9-10H2,1H3,(H,29,31,32). The minimum atomic E-state index is -4.69. The van der Waals surface area contributed by atoms with Crippen molar-refractivity contribution in [3.05, 3.63) is 59.2 Å². The van der Waals surface area contributed by atoms with E-state index in [0.29, 0.717) is 31.6 Å². The van der Waals surface area contributed by atoms with E-state index in [9.17, 15) is 21.6 Å². The molecule has 194 valence electrons. The highest BCUT2D eigenvalue weighted by atomic mass is 79.9. The highest BCUT2D eigenvalue weighted by Gasteiger charge is 2.36. The number of sulfonamides is 1. The van der Waals surface area contributed by atoms with E-state index in [2.05, 4.69) is 41.2 Å². The second kappa shape index (κ2) is 9.65. The molecule has 9 nitrogen and oxygen atoms in total. The van der Waals surface area contributed by atoms with Crippen molar-refractivity contribution in [3.63, 3.8) is 0 Å². The molecule has 1 aromatic carbocycles. The topological polar surface area (TPSA) is 106 Å². The number of hydrogen-bond acceptors (Lipinski definition) is 7. The van der Waals surface area contributed by atoms with Gasteiger partial charge < -0.3 is 9.88 Å². The summed E-state index contributed by atoms with van der Waals surface area (Å²) in [5.74, 6) is 0.0216. The number of benzene rings is 1. The fourth-order valence-electron chi connectivity index (χ4n) is 4.25. The van der Waals surface area contributed by atoms with Crippen LogP contribution in [-0.4, -0.2) is 62.6 Å². The Kier molecular flexibility index (Phi) is 6.66. The molecule has 1 fully saturated rings. The van der Waals surface area contributed by atoms with Crippen molar-refractivity contribution in [2.24, 2.45) is 0 Å². The summed E-state index contributed by atoms with van der Waals surface area (Å²) in [4.78, 5) is 16.6. The molecule has 4 aromatic rings. The van der Waals surface area contributed by atoms with Crippen molar-refractivity contribution < 1.29 is 21.6 Å². The van der Waals surface area contributed by atoms with Crippen LogP contribution < -0.4 is 5.32 Å². The summed E-state index contributed by atoms with van der Waals surface area (Å²) in [6, 6.07) is 7.12. The second-order valence-electron chi connectivity index (χ2n) is 8.67. The average Bonchev–Trinajstić information content (AvgIpc) is 3.33. The molecule has 1 N–H and O–H groups in total. The number of alkyl halides is 3. The Morgan fingerprint density at radius 3 is 2.57 bits per heavy atom. The number of rotatable bonds is 5. The lowest BCUT2D eigenvalue weighted by Crippen LogP contribution is -2.42. The smallest absolute Gasteiger partial charge is 0.351 e. The van der Waals surface area contributed by atoms with Crippen LogP contribution in [-0.2, 0) is 16.2 Å². The Bertz CT molecular complexity index is 1570. The fraction of sp³-hybridized carbons (Fsp3) is 0.304. The van der Waals surface area contributed by atoms with Crippen LogP contribution in [0.4, 0.5) is 19.1 Å². The summed E-state index contributed by atoms with van der Waals surface area (Å²) >= 11 is 3.57. The van der Waals surface area contributed by atoms with Gasteiger partial charge in [0, 0.05) is 43.1 Å². The first kappa shape index (κ1) is 25.5. The Labute approximate surface area is 219 Å². The summed E-state index contributed by atoms with van der Waals surface area (Å²) in [7, 11) is -3.29. The van der Waals surface area contributed by atoms with Gasteiger partial charge in [-0.1, -0.05) is 6.07 Å². The van der Waals surface area contributed by atoms with Gasteiger partial charge in [0.05, 0.1) is 21.9 Å². The van der Waals surface area contributed by atoms with E-state index in [-0.39, 0.29) is 23.4 Å². The summed E-state index contributed by atoms with van der Waals surface area (Å²) in [6.07, 6.45) is 2.75. The first-order valence-corrected chi connectivity index (χ1v) is 13.9. The monoisotopic (exact) mass is 595 g/mol. The quantitative estimate of drug-likeness (QED) is 0.362. The molecule has 3 aromatic heterocycles. The summed E-state index contributed by atoms with van der Waals surface area (Å²) < 4.78 is 68.7. The summed E-state index contributed by atoms with van der Waals surface area (Å²) in [5, 5.41) is 3.90. The molecule has 1 saturated heterocycles. The van der Waals surface area contributed by atoms with E-state index >= 15 is 0 Å². The molecule has 0 amide bonds. The number of aromatic nitrogens is 5. The minimum absolute atomic E-state index is 0.0216. The molecule has 0 atom stereocenters. The maximum Gasteiger partial charge on any atom is 0.420 e. The number of imidazole rings is 1. The SMILES string of the molecule is CS(=O)(=O)N1CCC(Nc2ncc(C(F)(F)F)c(-c3cn(-c4ccc5ncccc5c4Br)cn3)n2)CC1. The molecule has 14 heteroatoms. The van der Waals surface area contributed by atoms with Gasteiger partial charge in [-0.15, -0.1) is 0 Å². The zero-order valence-corrected chi connectivity index (χ0v) is 21.8. The molecule has 1 aliphatic rings. The molecule has 0 bridgehead atoms. The van der Waals surface area contributed by atoms with E-state index in [0.717, 1.165) is 27.8 Å². The zero-order chi connectivity index (χ0) is 26.4. The third-order valence-corrected chi connectivity index (χ3v) is 8.29. The van der Waals surface area contributed by atoms with Crippen LogP contribution in [0.2, 0.25) is 0 Å². The van der Waals surface area contributed by atoms with E-state index in [1.54, 1.807) is 22.9 Å². The average molecular weight is 596 g/mol. The number of halogens is 4. The Morgan fingerprint density at radius 2 is 1.86 bits per heavy atom. The van der Waals surface area contributed by atoms with E-state index in [1.165, 1.54) is 16.8 Å². The fourth-order valence-corrected chi connectivity index (χ4v) is 5.80. The zero-order valence-electron chi connectivity index (χ0n) is 19.4. The molecule has 0 saturated carbocycles. The van der Waals surface area contributed by atoms with Crippen LogP contribution in [0.5, 0.6) is 0 Å². The molecule has 0 unspecified atom stereocenters. The van der Waals surface area contributed by atoms with Crippen LogP contribution in [0.3, 0.4) is 0 Å². The van der Waals surface area contributed by atoms with Crippen LogP contribution >= 0.6 is 15.9 Å². The number of nitrogens with zero attached hydrogens (tertiary/aromatic N) is 6. The third-order valence-electron chi connectivity index (χ3n) is 6.15.